The molecule has 1 aromatic rings. The normalized spacial score (nSPS) is 17.5. The molecule has 0 radical (unpaired) electrons. The van der Waals surface area contributed by atoms with Gasteiger partial charge in [-0.15, -0.1) is 24.8 Å². The fraction of sp³-hybridized carbons (Fsp3) is 0.600. The van der Waals surface area contributed by atoms with Gasteiger partial charge in [0.2, 0.25) is 0 Å². The lowest BCUT2D eigenvalue weighted by atomic mass is 9.81. The molecule has 1 atom stereocenters. The number of rotatable bonds is 2. The second-order valence-corrected chi connectivity index (χ2v) is 6.34. The standard InChI is InChI=1S/C15H24N2O2.2ClH/c1-15(2,3)14(17-6-4-16-5-7-17)11-8-12(18)10-13(19)9-11;;/h8-10,14,16,18-19H,4-7H2,1-3H3;2*1H/t14-;;/m0../s1. The van der Waals surface area contributed by atoms with Gasteiger partial charge in [0.25, 0.3) is 0 Å². The Morgan fingerprint density at radius 3 is 1.90 bits per heavy atom. The summed E-state index contributed by atoms with van der Waals surface area (Å²) in [4.78, 5) is 2.42. The number of hydrogen-bond acceptors (Lipinski definition) is 4. The Bertz CT molecular complexity index is 424. The number of phenols is 2. The summed E-state index contributed by atoms with van der Waals surface area (Å²) in [5.74, 6) is 0.249. The molecule has 0 bridgehead atoms. The van der Waals surface area contributed by atoms with Gasteiger partial charge in [-0.25, -0.2) is 0 Å². The zero-order chi connectivity index (χ0) is 14.0. The summed E-state index contributed by atoms with van der Waals surface area (Å²) >= 11 is 0. The van der Waals surface area contributed by atoms with Crippen LogP contribution in [0.2, 0.25) is 0 Å². The number of piperazine rings is 1. The number of nitrogens with zero attached hydrogens (tertiary/aromatic N) is 1. The maximum atomic E-state index is 9.72. The zero-order valence-electron chi connectivity index (χ0n) is 12.8. The SMILES string of the molecule is CC(C)(C)[C@H](c1cc(O)cc(O)c1)N1CCNCC1.Cl.Cl. The maximum absolute atomic E-state index is 9.72. The van der Waals surface area contributed by atoms with Crippen LogP contribution in [-0.4, -0.2) is 41.3 Å². The van der Waals surface area contributed by atoms with Crippen molar-refractivity contribution < 1.29 is 10.2 Å². The molecule has 0 aliphatic carbocycles. The smallest absolute Gasteiger partial charge is 0.119 e. The highest BCUT2D eigenvalue weighted by atomic mass is 35.5. The molecule has 0 aromatic heterocycles. The van der Waals surface area contributed by atoms with Gasteiger partial charge in [-0.3, -0.25) is 4.90 Å². The Kier molecular flexibility index (Phi) is 7.82. The van der Waals surface area contributed by atoms with E-state index in [2.05, 4.69) is 31.0 Å². The van der Waals surface area contributed by atoms with Gasteiger partial charge in [-0.05, 0) is 23.1 Å². The van der Waals surface area contributed by atoms with Crippen molar-refractivity contribution >= 4 is 24.8 Å². The fourth-order valence-electron chi connectivity index (χ4n) is 2.97. The van der Waals surface area contributed by atoms with E-state index in [4.69, 9.17) is 0 Å². The average Bonchev–Trinajstić information content (AvgIpc) is 2.27. The van der Waals surface area contributed by atoms with Crippen molar-refractivity contribution in [1.29, 1.82) is 0 Å². The van der Waals surface area contributed by atoms with E-state index in [-0.39, 0.29) is 47.8 Å². The first-order valence-corrected chi connectivity index (χ1v) is 6.85. The molecule has 1 aliphatic rings. The first-order valence-electron chi connectivity index (χ1n) is 6.85. The van der Waals surface area contributed by atoms with Crippen molar-refractivity contribution in [3.63, 3.8) is 0 Å². The number of hydrogen-bond donors (Lipinski definition) is 3. The van der Waals surface area contributed by atoms with Gasteiger partial charge in [0.05, 0.1) is 0 Å². The van der Waals surface area contributed by atoms with Crippen molar-refractivity contribution in [3.8, 4) is 11.5 Å². The van der Waals surface area contributed by atoms with Gasteiger partial charge < -0.3 is 15.5 Å². The second kappa shape index (κ2) is 8.08. The highest BCUT2D eigenvalue weighted by molar-refractivity contribution is 5.85. The van der Waals surface area contributed by atoms with Crippen LogP contribution in [0.3, 0.4) is 0 Å². The minimum atomic E-state index is 0. The Morgan fingerprint density at radius 1 is 1.00 bits per heavy atom. The van der Waals surface area contributed by atoms with Crippen molar-refractivity contribution in [2.24, 2.45) is 5.41 Å². The summed E-state index contributed by atoms with van der Waals surface area (Å²) in [5, 5.41) is 22.8. The highest BCUT2D eigenvalue weighted by Gasteiger charge is 2.32. The summed E-state index contributed by atoms with van der Waals surface area (Å²) in [6.07, 6.45) is 0. The molecule has 21 heavy (non-hydrogen) atoms. The predicted octanol–water partition coefficient (Wildman–Crippen LogP) is 2.93. The molecule has 2 rings (SSSR count). The highest BCUT2D eigenvalue weighted by Crippen LogP contribution is 2.40. The van der Waals surface area contributed by atoms with Crippen LogP contribution in [0.15, 0.2) is 18.2 Å². The molecule has 1 aromatic carbocycles. The number of halogens is 2. The van der Waals surface area contributed by atoms with Crippen molar-refractivity contribution in [2.45, 2.75) is 26.8 Å². The maximum Gasteiger partial charge on any atom is 0.119 e. The molecule has 4 nitrogen and oxygen atoms in total. The topological polar surface area (TPSA) is 55.7 Å². The van der Waals surface area contributed by atoms with E-state index in [0.717, 1.165) is 31.7 Å². The predicted molar refractivity (Wildman–Crippen MR) is 90.9 cm³/mol. The third kappa shape index (κ3) is 5.22. The fourth-order valence-corrected chi connectivity index (χ4v) is 2.97. The molecule has 0 amide bonds. The van der Waals surface area contributed by atoms with Crippen LogP contribution < -0.4 is 5.32 Å². The number of benzene rings is 1. The van der Waals surface area contributed by atoms with Crippen LogP contribution >= 0.6 is 24.8 Å². The monoisotopic (exact) mass is 336 g/mol. The van der Waals surface area contributed by atoms with Crippen LogP contribution in [0.4, 0.5) is 0 Å². The van der Waals surface area contributed by atoms with E-state index >= 15 is 0 Å². The van der Waals surface area contributed by atoms with Crippen LogP contribution in [0.5, 0.6) is 11.5 Å². The van der Waals surface area contributed by atoms with Crippen molar-refractivity contribution in [2.75, 3.05) is 26.2 Å². The Balaban J connectivity index is 0.00000200. The van der Waals surface area contributed by atoms with Crippen LogP contribution in [0.1, 0.15) is 32.4 Å². The molecule has 1 aliphatic heterocycles. The molecule has 1 fully saturated rings. The van der Waals surface area contributed by atoms with Crippen molar-refractivity contribution in [3.05, 3.63) is 23.8 Å². The average molecular weight is 337 g/mol. The summed E-state index contributed by atoms with van der Waals surface area (Å²) in [6, 6.07) is 5.09. The van der Waals surface area contributed by atoms with Crippen LogP contribution in [0.25, 0.3) is 0 Å². The van der Waals surface area contributed by atoms with Crippen molar-refractivity contribution in [1.82, 2.24) is 10.2 Å². The summed E-state index contributed by atoms with van der Waals surface area (Å²) in [5.41, 5.74) is 1.02. The Labute approximate surface area is 139 Å². The van der Waals surface area contributed by atoms with E-state index in [9.17, 15) is 10.2 Å². The van der Waals surface area contributed by atoms with Crippen LogP contribution in [0, 0.1) is 5.41 Å². The second-order valence-electron chi connectivity index (χ2n) is 6.34. The van der Waals surface area contributed by atoms with Gasteiger partial charge in [0.15, 0.2) is 0 Å². The molecule has 0 saturated carbocycles. The molecular formula is C15H26Cl2N2O2. The minimum absolute atomic E-state index is 0. The number of phenolic OH excluding ortho intramolecular Hbond substituents is 2. The van der Waals surface area contributed by atoms with Crippen LogP contribution in [-0.2, 0) is 0 Å². The van der Waals surface area contributed by atoms with Gasteiger partial charge in [-0.2, -0.15) is 0 Å². The molecule has 122 valence electrons. The largest absolute Gasteiger partial charge is 0.508 e. The lowest BCUT2D eigenvalue weighted by Crippen LogP contribution is -2.48. The summed E-state index contributed by atoms with van der Waals surface area (Å²) in [6.45, 7) is 10.5. The van der Waals surface area contributed by atoms with Gasteiger partial charge in [-0.1, -0.05) is 20.8 Å². The van der Waals surface area contributed by atoms with E-state index in [0.29, 0.717) is 0 Å². The van der Waals surface area contributed by atoms with Gasteiger partial charge in [0.1, 0.15) is 11.5 Å². The molecule has 3 N–H and O–H groups in total. The lowest BCUT2D eigenvalue weighted by Gasteiger charge is -2.42. The molecule has 0 unspecified atom stereocenters. The van der Waals surface area contributed by atoms with E-state index in [1.165, 1.54) is 6.07 Å². The Hall–Kier alpha value is -0.680. The number of aromatic hydroxyl groups is 2. The third-order valence-electron chi connectivity index (χ3n) is 3.58. The first kappa shape index (κ1) is 20.3. The molecule has 1 heterocycles. The summed E-state index contributed by atoms with van der Waals surface area (Å²) < 4.78 is 0. The quantitative estimate of drug-likeness (QED) is 0.777. The summed E-state index contributed by atoms with van der Waals surface area (Å²) in [7, 11) is 0. The van der Waals surface area contributed by atoms with E-state index in [1.54, 1.807) is 12.1 Å². The Morgan fingerprint density at radius 2 is 1.48 bits per heavy atom. The zero-order valence-corrected chi connectivity index (χ0v) is 14.4. The van der Waals surface area contributed by atoms with E-state index in [1.807, 2.05) is 0 Å². The molecule has 6 heteroatoms. The third-order valence-corrected chi connectivity index (χ3v) is 3.58. The van der Waals surface area contributed by atoms with E-state index < -0.39 is 0 Å². The molecule has 1 saturated heterocycles. The molecular weight excluding hydrogens is 311 g/mol. The lowest BCUT2D eigenvalue weighted by molar-refractivity contribution is 0.0859. The first-order chi connectivity index (χ1) is 8.88. The van der Waals surface area contributed by atoms with Gasteiger partial charge in [0, 0.05) is 38.3 Å². The minimum Gasteiger partial charge on any atom is -0.508 e. The number of nitrogens with one attached hydrogen (secondary N) is 1. The molecule has 0 spiro atoms. The van der Waals surface area contributed by atoms with Gasteiger partial charge >= 0.3 is 0 Å².